The molecule has 2 aliphatic carbocycles. The number of halogens is 2. The molecule has 14 heteroatoms. The van der Waals surface area contributed by atoms with Gasteiger partial charge in [-0.05, 0) is 119 Å². The average molecular weight is 807 g/mol. The summed E-state index contributed by atoms with van der Waals surface area (Å²) in [4.78, 5) is 61.7. The van der Waals surface area contributed by atoms with Crippen LogP contribution < -0.4 is 26.8 Å². The topological polar surface area (TPSA) is 150 Å². The minimum Gasteiger partial charge on any atom is -0.374 e. The van der Waals surface area contributed by atoms with Crippen LogP contribution in [0.25, 0.3) is 16.9 Å². The number of piperidine rings is 2. The molecule has 2 aliphatic heterocycles. The molecule has 3 amide bonds. The van der Waals surface area contributed by atoms with Crippen LogP contribution in [0.4, 0.5) is 20.4 Å². The Morgan fingerprint density at radius 3 is 2.36 bits per heavy atom. The Labute approximate surface area is 342 Å². The Hall–Kier alpha value is -5.50. The fourth-order valence-corrected chi connectivity index (χ4v) is 9.54. The lowest BCUT2D eigenvalue weighted by molar-refractivity contribution is -0.138. The van der Waals surface area contributed by atoms with Crippen molar-refractivity contribution >= 4 is 29.4 Å². The number of rotatable bonds is 10. The maximum Gasteiger partial charge on any atom is 0.255 e. The zero-order valence-electron chi connectivity index (χ0n) is 33.4. The van der Waals surface area contributed by atoms with E-state index >= 15 is 8.78 Å². The molecule has 0 spiro atoms. The lowest BCUT2D eigenvalue weighted by atomic mass is 9.76. The molecule has 0 radical (unpaired) electrons. The number of hydrogen-bond donors (Lipinski definition) is 4. The van der Waals surface area contributed by atoms with E-state index in [0.29, 0.717) is 48.0 Å². The van der Waals surface area contributed by atoms with Crippen LogP contribution >= 0.6 is 0 Å². The van der Waals surface area contributed by atoms with Crippen LogP contribution in [0.15, 0.2) is 71.8 Å². The predicted molar refractivity (Wildman–Crippen MR) is 221 cm³/mol. The number of amides is 3. The van der Waals surface area contributed by atoms with E-state index in [9.17, 15) is 19.2 Å². The number of aromatic nitrogens is 3. The Morgan fingerprint density at radius 2 is 1.61 bits per heavy atom. The molecule has 4 heterocycles. The lowest BCUT2D eigenvalue weighted by Gasteiger charge is -2.48. The third-order valence-corrected chi connectivity index (χ3v) is 12.8. The molecule has 8 rings (SSSR count). The largest absolute Gasteiger partial charge is 0.374 e. The van der Waals surface area contributed by atoms with Crippen molar-refractivity contribution in [2.24, 2.45) is 0 Å². The molecule has 12 nitrogen and oxygen atoms in total. The van der Waals surface area contributed by atoms with Crippen LogP contribution in [0.1, 0.15) is 101 Å². The van der Waals surface area contributed by atoms with E-state index in [4.69, 9.17) is 0 Å². The monoisotopic (exact) mass is 806 g/mol. The Balaban J connectivity index is 0.857. The summed E-state index contributed by atoms with van der Waals surface area (Å²) in [6, 6.07) is 14.9. The highest BCUT2D eigenvalue weighted by molar-refractivity contribution is 6.01. The first-order valence-corrected chi connectivity index (χ1v) is 21.1. The Bertz CT molecular complexity index is 2260. The molecule has 4 aromatic rings. The molecule has 1 unspecified atom stereocenters. The first-order valence-electron chi connectivity index (χ1n) is 21.1. The number of hydrogen-bond acceptors (Lipinski definition) is 9. The summed E-state index contributed by atoms with van der Waals surface area (Å²) in [6.45, 7) is 3.32. The smallest absolute Gasteiger partial charge is 0.255 e. The highest BCUT2D eigenvalue weighted by atomic mass is 19.1. The maximum atomic E-state index is 15.5. The number of aryl methyl sites for hydroxylation is 1. The molecule has 310 valence electrons. The standard InChI is InChI=1S/C45H52F2N8O4/c1-28-8-17-40(57)55(27-28)34-7-5-6-30(24-34)41-37(47)26-48-44(53-41)51-32-11-9-31(10-12-32)50-43(59)45(20-3-2-4-21-45)54-22-18-29(19-23-54)35-14-13-33(25-36(35)46)49-38-15-16-39(56)52-42(38)58/h5-8,13-14,17,24-27,29,31-32,38,49H,2-4,9-12,15-16,18-23H2,1H3,(H,50,59)(H,48,51,53)(H,52,56,58). The molecular weight excluding hydrogens is 755 g/mol. The number of likely N-dealkylation sites (tertiary alicyclic amines) is 1. The van der Waals surface area contributed by atoms with Crippen LogP contribution in [-0.4, -0.2) is 73.9 Å². The molecule has 2 saturated heterocycles. The van der Waals surface area contributed by atoms with Crippen molar-refractivity contribution in [2.45, 2.75) is 120 Å². The van der Waals surface area contributed by atoms with Crippen molar-refractivity contribution in [3.8, 4) is 16.9 Å². The van der Waals surface area contributed by atoms with Gasteiger partial charge in [-0.25, -0.2) is 18.7 Å². The average Bonchev–Trinajstić information content (AvgIpc) is 3.24. The van der Waals surface area contributed by atoms with Gasteiger partial charge in [0.25, 0.3) is 5.56 Å². The minimum atomic E-state index is -0.577. The van der Waals surface area contributed by atoms with E-state index in [-0.39, 0.29) is 53.3 Å². The Kier molecular flexibility index (Phi) is 11.9. The number of imide groups is 1. The van der Waals surface area contributed by atoms with Gasteiger partial charge in [0.2, 0.25) is 23.7 Å². The van der Waals surface area contributed by atoms with Gasteiger partial charge >= 0.3 is 0 Å². The molecule has 59 heavy (non-hydrogen) atoms. The predicted octanol–water partition coefficient (Wildman–Crippen LogP) is 6.52. The van der Waals surface area contributed by atoms with Gasteiger partial charge < -0.3 is 16.0 Å². The van der Waals surface area contributed by atoms with Gasteiger partial charge in [0.15, 0.2) is 5.82 Å². The van der Waals surface area contributed by atoms with E-state index < -0.39 is 23.3 Å². The van der Waals surface area contributed by atoms with Crippen molar-refractivity contribution in [2.75, 3.05) is 23.7 Å². The molecule has 4 N–H and O–H groups in total. The van der Waals surface area contributed by atoms with Crippen LogP contribution in [-0.2, 0) is 14.4 Å². The summed E-state index contributed by atoms with van der Waals surface area (Å²) >= 11 is 0. The third kappa shape index (κ3) is 8.92. The van der Waals surface area contributed by atoms with E-state index in [1.54, 1.807) is 48.7 Å². The van der Waals surface area contributed by atoms with Crippen LogP contribution in [0, 0.1) is 18.6 Å². The summed E-state index contributed by atoms with van der Waals surface area (Å²) in [7, 11) is 0. The molecular formula is C45H52F2N8O4. The number of nitrogens with one attached hydrogen (secondary N) is 4. The van der Waals surface area contributed by atoms with Crippen LogP contribution in [0.2, 0.25) is 0 Å². The summed E-state index contributed by atoms with van der Waals surface area (Å²) < 4.78 is 32.1. The zero-order valence-corrected chi connectivity index (χ0v) is 33.4. The van der Waals surface area contributed by atoms with Crippen LogP contribution in [0.5, 0.6) is 0 Å². The fraction of sp³-hybridized carbons (Fsp3) is 0.467. The molecule has 2 aromatic heterocycles. The van der Waals surface area contributed by atoms with Crippen molar-refractivity contribution in [3.63, 3.8) is 0 Å². The van der Waals surface area contributed by atoms with Gasteiger partial charge in [-0.1, -0.05) is 43.5 Å². The molecule has 1 atom stereocenters. The first-order chi connectivity index (χ1) is 28.5. The molecule has 4 fully saturated rings. The summed E-state index contributed by atoms with van der Waals surface area (Å²) in [6.07, 6.45) is 12.9. The number of anilines is 2. The second-order valence-corrected chi connectivity index (χ2v) is 16.8. The van der Waals surface area contributed by atoms with Crippen molar-refractivity contribution in [1.29, 1.82) is 0 Å². The lowest BCUT2D eigenvalue weighted by Crippen LogP contribution is -2.62. The highest BCUT2D eigenvalue weighted by Crippen LogP contribution is 2.40. The van der Waals surface area contributed by atoms with Gasteiger partial charge in [0.05, 0.1) is 6.20 Å². The van der Waals surface area contributed by atoms with Gasteiger partial charge in [0.1, 0.15) is 23.1 Å². The molecule has 4 aliphatic rings. The fourth-order valence-electron chi connectivity index (χ4n) is 9.54. The van der Waals surface area contributed by atoms with Crippen LogP contribution in [0.3, 0.4) is 0 Å². The second-order valence-electron chi connectivity index (χ2n) is 16.8. The summed E-state index contributed by atoms with van der Waals surface area (Å²) in [5.41, 5.74) is 2.63. The second kappa shape index (κ2) is 17.4. The number of benzene rings is 2. The third-order valence-electron chi connectivity index (χ3n) is 12.8. The molecule has 2 aromatic carbocycles. The van der Waals surface area contributed by atoms with Gasteiger partial charge in [0, 0.05) is 47.7 Å². The quantitative estimate of drug-likeness (QED) is 0.132. The normalized spacial score (nSPS) is 22.7. The number of carbonyl (C=O) groups is 3. The SMILES string of the molecule is Cc1ccc(=O)n(-c2cccc(-c3nc(NC4CCC(NC(=O)C5(N6CCC(c7ccc(NC8CCC(=O)NC8=O)cc7F)CC6)CCCCC5)CC4)ncc3F)c2)c1. The van der Waals surface area contributed by atoms with Crippen molar-refractivity contribution in [3.05, 3.63) is 100 Å². The molecule has 2 saturated carbocycles. The maximum absolute atomic E-state index is 15.5. The number of nitrogens with zero attached hydrogens (tertiary/aromatic N) is 4. The summed E-state index contributed by atoms with van der Waals surface area (Å²) in [5, 5.41) is 12.2. The molecule has 0 bridgehead atoms. The first kappa shape index (κ1) is 40.3. The zero-order chi connectivity index (χ0) is 41.1. The highest BCUT2D eigenvalue weighted by Gasteiger charge is 2.46. The van der Waals surface area contributed by atoms with E-state index in [1.165, 1.54) is 22.9 Å². The Morgan fingerprint density at radius 1 is 0.847 bits per heavy atom. The van der Waals surface area contributed by atoms with Gasteiger partial charge in [-0.2, -0.15) is 0 Å². The number of carbonyl (C=O) groups excluding carboxylic acids is 3. The van der Waals surface area contributed by atoms with Gasteiger partial charge in [-0.3, -0.25) is 34.0 Å². The minimum absolute atomic E-state index is 0.0263. The van der Waals surface area contributed by atoms with E-state index in [0.717, 1.165) is 76.2 Å². The summed E-state index contributed by atoms with van der Waals surface area (Å²) in [5.74, 6) is -1.10. The van der Waals surface area contributed by atoms with Crippen molar-refractivity contribution < 1.29 is 23.2 Å². The van der Waals surface area contributed by atoms with Gasteiger partial charge in [-0.15, -0.1) is 0 Å². The number of pyridine rings is 1. The van der Waals surface area contributed by atoms with Crippen molar-refractivity contribution in [1.82, 2.24) is 30.1 Å². The van der Waals surface area contributed by atoms with E-state index in [1.807, 2.05) is 6.92 Å². The van der Waals surface area contributed by atoms with E-state index in [2.05, 4.69) is 36.1 Å².